The van der Waals surface area contributed by atoms with Gasteiger partial charge in [0.15, 0.2) is 0 Å². The first-order valence-corrected chi connectivity index (χ1v) is 17.5. The smallest absolute Gasteiger partial charge is 0.339 e. The first-order valence-electron chi connectivity index (χ1n) is 17.5. The number of hydrogen-bond acceptors (Lipinski definition) is 10. The van der Waals surface area contributed by atoms with E-state index in [1.807, 2.05) is 18.2 Å². The lowest BCUT2D eigenvalue weighted by Gasteiger charge is -2.33. The molecule has 12 heteroatoms. The number of carbonyl (C=O) groups is 4. The predicted molar refractivity (Wildman–Crippen MR) is 177 cm³/mol. The van der Waals surface area contributed by atoms with E-state index in [0.717, 1.165) is 24.8 Å². The van der Waals surface area contributed by atoms with Crippen molar-refractivity contribution in [1.29, 1.82) is 0 Å². The van der Waals surface area contributed by atoms with Crippen molar-refractivity contribution in [3.63, 3.8) is 0 Å². The van der Waals surface area contributed by atoms with Crippen LogP contribution in [0.5, 0.6) is 0 Å². The number of nitrogens with zero attached hydrogens (tertiary/aromatic N) is 1. The van der Waals surface area contributed by atoms with Crippen molar-refractivity contribution < 1.29 is 48.0 Å². The van der Waals surface area contributed by atoms with Crippen LogP contribution < -0.4 is 5.32 Å². The lowest BCUT2D eigenvalue weighted by Crippen LogP contribution is -2.51. The second-order valence-corrected chi connectivity index (χ2v) is 14.6. The Morgan fingerprint density at radius 1 is 1.10 bits per heavy atom. The van der Waals surface area contributed by atoms with Crippen molar-refractivity contribution >= 4 is 29.8 Å². The molecule has 8 atom stereocenters. The molecule has 8 unspecified atom stereocenters. The van der Waals surface area contributed by atoms with Gasteiger partial charge in [0.1, 0.15) is 36.7 Å². The Morgan fingerprint density at radius 2 is 1.92 bits per heavy atom. The maximum Gasteiger partial charge on any atom is 0.339 e. The highest BCUT2D eigenvalue weighted by molar-refractivity contribution is 5.98. The van der Waals surface area contributed by atoms with Crippen LogP contribution in [-0.2, 0) is 38.1 Å². The zero-order valence-electron chi connectivity index (χ0n) is 28.5. The Bertz CT molecular complexity index is 1470. The average molecular weight is 681 g/mol. The summed E-state index contributed by atoms with van der Waals surface area (Å²) in [7, 11) is 0. The van der Waals surface area contributed by atoms with Crippen molar-refractivity contribution in [2.45, 2.75) is 120 Å². The number of fused-ring (bicyclic) bond motifs is 2. The molecule has 3 heterocycles. The van der Waals surface area contributed by atoms with Gasteiger partial charge < -0.3 is 39.0 Å². The fourth-order valence-corrected chi connectivity index (χ4v) is 7.25. The zero-order chi connectivity index (χ0) is 34.7. The Hall–Kier alpha value is -3.58. The molecule has 1 aromatic rings. The van der Waals surface area contributed by atoms with Gasteiger partial charge in [-0.2, -0.15) is 0 Å². The predicted octanol–water partition coefficient (Wildman–Crippen LogP) is 3.45. The maximum absolute atomic E-state index is 13.9. The molecule has 3 aliphatic heterocycles. The molecule has 1 aromatic carbocycles. The summed E-state index contributed by atoms with van der Waals surface area (Å²) in [6.45, 7) is 5.35. The highest BCUT2D eigenvalue weighted by atomic mass is 16.7. The third-order valence-electron chi connectivity index (χ3n) is 9.80. The number of likely N-dealkylation sites (tertiary alicyclic amines) is 1. The van der Waals surface area contributed by atoms with Crippen molar-refractivity contribution in [1.82, 2.24) is 10.2 Å². The zero-order valence-corrected chi connectivity index (χ0v) is 28.5. The second kappa shape index (κ2) is 15.1. The van der Waals surface area contributed by atoms with Gasteiger partial charge in [-0.05, 0) is 82.9 Å². The number of epoxide rings is 1. The monoisotopic (exact) mass is 680 g/mol. The summed E-state index contributed by atoms with van der Waals surface area (Å²) in [4.78, 5) is 54.6. The maximum atomic E-state index is 13.9. The second-order valence-electron chi connectivity index (χ2n) is 14.6. The molecule has 2 amide bonds. The molecule has 0 aromatic heterocycles. The number of amides is 2. The molecule has 0 spiro atoms. The number of aliphatic hydroxyl groups is 1. The summed E-state index contributed by atoms with van der Waals surface area (Å²) < 4.78 is 28.6. The fourth-order valence-electron chi connectivity index (χ4n) is 7.25. The van der Waals surface area contributed by atoms with Crippen LogP contribution in [-0.4, -0.2) is 102 Å². The number of aliphatic hydroxyl groups excluding tert-OH is 1. The van der Waals surface area contributed by atoms with Crippen LogP contribution in [0.15, 0.2) is 42.0 Å². The molecule has 3 saturated heterocycles. The van der Waals surface area contributed by atoms with Gasteiger partial charge in [0.05, 0.1) is 30.4 Å². The van der Waals surface area contributed by atoms with E-state index in [9.17, 15) is 24.3 Å². The molecule has 2 N–H and O–H groups in total. The molecule has 2 aliphatic carbocycles. The number of allylic oxidation sites excluding steroid dienone is 1. The van der Waals surface area contributed by atoms with Crippen molar-refractivity contribution in [3.05, 3.63) is 53.1 Å². The molecule has 6 rings (SSSR count). The van der Waals surface area contributed by atoms with E-state index in [0.29, 0.717) is 48.6 Å². The molecule has 0 bridgehead atoms. The van der Waals surface area contributed by atoms with Crippen LogP contribution >= 0.6 is 0 Å². The first-order chi connectivity index (χ1) is 23.5. The van der Waals surface area contributed by atoms with E-state index in [2.05, 4.69) is 11.4 Å². The third kappa shape index (κ3) is 8.78. The number of benzene rings is 1. The minimum Gasteiger partial charge on any atom is -0.460 e. The highest BCUT2D eigenvalue weighted by Crippen LogP contribution is 2.40. The van der Waals surface area contributed by atoms with E-state index in [-0.39, 0.29) is 38.6 Å². The Labute approximate surface area is 287 Å². The summed E-state index contributed by atoms with van der Waals surface area (Å²) in [5.74, 6) is -1.26. The number of hydrogen-bond donors (Lipinski definition) is 2. The van der Waals surface area contributed by atoms with Gasteiger partial charge in [-0.15, -0.1) is 0 Å². The van der Waals surface area contributed by atoms with Gasteiger partial charge in [-0.25, -0.2) is 4.79 Å². The quantitative estimate of drug-likeness (QED) is 0.263. The lowest BCUT2D eigenvalue weighted by molar-refractivity contribution is -0.155. The number of nitrogens with one attached hydrogen (secondary N) is 1. The van der Waals surface area contributed by atoms with Gasteiger partial charge >= 0.3 is 11.9 Å². The Kier molecular flexibility index (Phi) is 10.9. The van der Waals surface area contributed by atoms with E-state index in [1.54, 1.807) is 39.0 Å². The van der Waals surface area contributed by atoms with E-state index in [1.165, 1.54) is 4.90 Å². The summed E-state index contributed by atoms with van der Waals surface area (Å²) in [5, 5.41) is 12.7. The lowest BCUT2D eigenvalue weighted by atomic mass is 9.88. The summed E-state index contributed by atoms with van der Waals surface area (Å²) in [6, 6.07) is 5.88. The molecule has 4 fully saturated rings. The molecule has 12 nitrogen and oxygen atoms in total. The summed E-state index contributed by atoms with van der Waals surface area (Å²) in [5.41, 5.74) is 0.938. The van der Waals surface area contributed by atoms with E-state index >= 15 is 0 Å². The van der Waals surface area contributed by atoms with Crippen molar-refractivity contribution in [2.75, 3.05) is 19.9 Å². The van der Waals surface area contributed by atoms with Gasteiger partial charge in [0.2, 0.25) is 11.8 Å². The van der Waals surface area contributed by atoms with Gasteiger partial charge in [0.25, 0.3) is 0 Å². The Balaban J connectivity index is 1.08. The van der Waals surface area contributed by atoms with Crippen LogP contribution in [0.1, 0.15) is 88.1 Å². The number of carbonyl (C=O) groups excluding carboxylic acids is 4. The van der Waals surface area contributed by atoms with Crippen LogP contribution in [0.4, 0.5) is 0 Å². The van der Waals surface area contributed by atoms with E-state index in [4.69, 9.17) is 23.7 Å². The number of ether oxygens (including phenoxy) is 5. The molecule has 5 aliphatic rings. The summed E-state index contributed by atoms with van der Waals surface area (Å²) in [6.07, 6.45) is 9.26. The molecule has 1 saturated carbocycles. The van der Waals surface area contributed by atoms with Crippen LogP contribution in [0, 0.1) is 5.92 Å². The number of esters is 2. The van der Waals surface area contributed by atoms with Crippen LogP contribution in [0.3, 0.4) is 0 Å². The Morgan fingerprint density at radius 3 is 2.69 bits per heavy atom. The minimum atomic E-state index is -0.773. The SMILES string of the molecule is CC(C)(C)OC(=O)CCC(CO)NC(=O)C1CCCN1C(=O)C1=CC2OCOC2C(OC(=O)c2ccccc2C=CC2CCC3OC3C2)C1. The molecule has 49 heavy (non-hydrogen) atoms. The van der Waals surface area contributed by atoms with Crippen LogP contribution in [0.2, 0.25) is 0 Å². The highest BCUT2D eigenvalue weighted by Gasteiger charge is 2.45. The molecular formula is C37H48N2O10. The van der Waals surface area contributed by atoms with Gasteiger partial charge in [0, 0.05) is 25.0 Å². The third-order valence-corrected chi connectivity index (χ3v) is 9.80. The van der Waals surface area contributed by atoms with Gasteiger partial charge in [-0.3, -0.25) is 14.4 Å². The topological polar surface area (TPSA) is 153 Å². The van der Waals surface area contributed by atoms with Crippen molar-refractivity contribution in [2.24, 2.45) is 5.92 Å². The minimum absolute atomic E-state index is 0.00816. The normalized spacial score (nSPS) is 29.8. The van der Waals surface area contributed by atoms with E-state index < -0.39 is 53.8 Å². The van der Waals surface area contributed by atoms with Crippen molar-refractivity contribution in [3.8, 4) is 0 Å². The fraction of sp³-hybridized carbons (Fsp3) is 0.622. The van der Waals surface area contributed by atoms with Gasteiger partial charge in [-0.1, -0.05) is 30.4 Å². The average Bonchev–Trinajstić information content (AvgIpc) is 3.41. The largest absolute Gasteiger partial charge is 0.460 e. The number of rotatable bonds is 11. The summed E-state index contributed by atoms with van der Waals surface area (Å²) >= 11 is 0. The first kappa shape index (κ1) is 35.3. The molecule has 0 radical (unpaired) electrons. The molecule has 266 valence electrons. The standard InChI is InChI=1S/C37H48N2O10/c1-37(2,3)49-32(41)15-13-25(20-40)38-34(42)27-9-6-16-39(27)35(43)24-18-30-33(46-21-45-30)31(19-24)48-36(44)26-8-5-4-7-23(26)12-10-22-11-14-28-29(17-22)47-28/h4-5,7-8,10,12,18,22,25,27-31,33,40H,6,9,11,13-17,19-21H2,1-3H3,(H,38,42). The molecular weight excluding hydrogens is 632 g/mol. The van der Waals surface area contributed by atoms with Crippen LogP contribution in [0.25, 0.3) is 6.08 Å².